The van der Waals surface area contributed by atoms with Gasteiger partial charge in [0.25, 0.3) is 0 Å². The maximum absolute atomic E-state index is 11.6. The Hall–Kier alpha value is -0.480. The molecule has 1 saturated carbocycles. The highest BCUT2D eigenvalue weighted by molar-refractivity contribution is 7.91. The van der Waals surface area contributed by atoms with Crippen LogP contribution in [-0.4, -0.2) is 29.1 Å². The Labute approximate surface area is 117 Å². The highest BCUT2D eigenvalue weighted by Gasteiger charge is 2.27. The summed E-state index contributed by atoms with van der Waals surface area (Å²) in [6.07, 6.45) is 2.44. The van der Waals surface area contributed by atoms with Crippen LogP contribution in [0.5, 0.6) is 0 Å². The topological polar surface area (TPSA) is 106 Å². The van der Waals surface area contributed by atoms with Crippen LogP contribution in [0.3, 0.4) is 0 Å². The number of thiophene rings is 1. The highest BCUT2D eigenvalue weighted by Crippen LogP contribution is 2.29. The van der Waals surface area contributed by atoms with Gasteiger partial charge in [-0.3, -0.25) is 0 Å². The lowest BCUT2D eigenvalue weighted by atomic mass is 10.3. The van der Waals surface area contributed by atoms with Gasteiger partial charge in [0.2, 0.25) is 20.0 Å². The second-order valence-corrected chi connectivity index (χ2v) is 9.44. The molecule has 108 valence electrons. The van der Waals surface area contributed by atoms with E-state index in [1.807, 2.05) is 0 Å². The average Bonchev–Trinajstić information content (AvgIpc) is 2.92. The summed E-state index contributed by atoms with van der Waals surface area (Å²) in [6.45, 7) is 0.277. The predicted molar refractivity (Wildman–Crippen MR) is 73.9 cm³/mol. The van der Waals surface area contributed by atoms with Gasteiger partial charge in [-0.1, -0.05) is 0 Å². The number of primary sulfonamides is 1. The average molecular weight is 324 g/mol. The van der Waals surface area contributed by atoms with E-state index in [2.05, 4.69) is 4.72 Å². The van der Waals surface area contributed by atoms with Gasteiger partial charge in [0, 0.05) is 11.4 Å². The van der Waals surface area contributed by atoms with Gasteiger partial charge in [-0.2, -0.15) is 0 Å². The summed E-state index contributed by atoms with van der Waals surface area (Å²) in [4.78, 5) is 0.790. The fourth-order valence-electron chi connectivity index (χ4n) is 1.63. The minimum atomic E-state index is -3.66. The molecule has 3 N–H and O–H groups in total. The third-order valence-corrected chi connectivity index (χ3v) is 6.90. The zero-order valence-electron chi connectivity index (χ0n) is 10.2. The monoisotopic (exact) mass is 324 g/mol. The van der Waals surface area contributed by atoms with Crippen molar-refractivity contribution in [3.63, 3.8) is 0 Å². The fourth-order valence-corrected chi connectivity index (χ4v) is 4.89. The Morgan fingerprint density at radius 2 is 1.95 bits per heavy atom. The fraction of sp³-hybridized carbons (Fsp3) is 0.600. The van der Waals surface area contributed by atoms with E-state index in [-0.39, 0.29) is 16.5 Å². The van der Waals surface area contributed by atoms with Crippen LogP contribution in [0.15, 0.2) is 16.3 Å². The predicted octanol–water partition coefficient (Wildman–Crippen LogP) is 0.267. The second-order valence-electron chi connectivity index (χ2n) is 4.63. The molecule has 0 unspecified atom stereocenters. The van der Waals surface area contributed by atoms with Crippen molar-refractivity contribution >= 4 is 31.4 Å². The molecule has 0 bridgehead atoms. The van der Waals surface area contributed by atoms with Crippen molar-refractivity contribution in [1.29, 1.82) is 0 Å². The van der Waals surface area contributed by atoms with Crippen LogP contribution < -0.4 is 9.86 Å². The molecule has 9 heteroatoms. The van der Waals surface area contributed by atoms with E-state index in [1.54, 1.807) is 6.07 Å². The van der Waals surface area contributed by atoms with Gasteiger partial charge in [0.05, 0.1) is 5.75 Å². The van der Waals surface area contributed by atoms with Crippen molar-refractivity contribution in [2.24, 2.45) is 11.1 Å². The van der Waals surface area contributed by atoms with Crippen LogP contribution >= 0.6 is 11.3 Å². The molecular formula is C10H16N2O4S3. The molecule has 0 aromatic carbocycles. The van der Waals surface area contributed by atoms with E-state index < -0.39 is 20.0 Å². The Bertz CT molecular complexity index is 644. The quantitative estimate of drug-likeness (QED) is 0.750. The van der Waals surface area contributed by atoms with Crippen LogP contribution in [-0.2, 0) is 26.5 Å². The van der Waals surface area contributed by atoms with Gasteiger partial charge in [-0.15, -0.1) is 11.3 Å². The standard InChI is InChI=1S/C10H16N2O4S3/c11-19(15,16)10-4-3-9(17-10)5-6-12-18(13,14)7-8-1-2-8/h3-4,8,12H,1-2,5-7H2,(H2,11,15,16). The summed E-state index contributed by atoms with van der Waals surface area (Å²) in [5.41, 5.74) is 0. The number of nitrogens with one attached hydrogen (secondary N) is 1. The molecule has 0 radical (unpaired) electrons. The van der Waals surface area contributed by atoms with Gasteiger partial charge in [0.1, 0.15) is 4.21 Å². The summed E-state index contributed by atoms with van der Waals surface area (Å²) < 4.78 is 48.0. The molecule has 1 aliphatic carbocycles. The SMILES string of the molecule is NS(=O)(=O)c1ccc(CCNS(=O)(=O)CC2CC2)s1. The van der Waals surface area contributed by atoms with E-state index in [0.717, 1.165) is 29.1 Å². The Morgan fingerprint density at radius 1 is 1.26 bits per heavy atom. The van der Waals surface area contributed by atoms with Gasteiger partial charge >= 0.3 is 0 Å². The molecule has 0 atom stereocenters. The van der Waals surface area contributed by atoms with Gasteiger partial charge in [-0.25, -0.2) is 26.7 Å². The lowest BCUT2D eigenvalue weighted by Crippen LogP contribution is -2.28. The molecule has 1 heterocycles. The lowest BCUT2D eigenvalue weighted by molar-refractivity contribution is 0.578. The van der Waals surface area contributed by atoms with Gasteiger partial charge in [-0.05, 0) is 37.3 Å². The van der Waals surface area contributed by atoms with Crippen LogP contribution in [0.25, 0.3) is 0 Å². The van der Waals surface area contributed by atoms with E-state index >= 15 is 0 Å². The van der Waals surface area contributed by atoms with Crippen molar-refractivity contribution in [2.75, 3.05) is 12.3 Å². The highest BCUT2D eigenvalue weighted by atomic mass is 32.2. The number of hydrogen-bond donors (Lipinski definition) is 2. The molecule has 1 aliphatic rings. The van der Waals surface area contributed by atoms with E-state index in [9.17, 15) is 16.8 Å². The van der Waals surface area contributed by atoms with Crippen LogP contribution in [0.1, 0.15) is 17.7 Å². The Morgan fingerprint density at radius 3 is 2.47 bits per heavy atom. The van der Waals surface area contributed by atoms with Crippen LogP contribution in [0.2, 0.25) is 0 Å². The molecule has 2 rings (SSSR count). The van der Waals surface area contributed by atoms with Crippen molar-refractivity contribution in [1.82, 2.24) is 4.72 Å². The third kappa shape index (κ3) is 4.84. The normalized spacial score (nSPS) is 16.7. The summed E-state index contributed by atoms with van der Waals surface area (Å²) >= 11 is 1.07. The first kappa shape index (κ1) is 14.9. The molecule has 1 aromatic rings. The van der Waals surface area contributed by atoms with Crippen molar-refractivity contribution < 1.29 is 16.8 Å². The van der Waals surface area contributed by atoms with Crippen LogP contribution in [0, 0.1) is 5.92 Å². The molecule has 0 aliphatic heterocycles. The molecule has 0 saturated heterocycles. The lowest BCUT2D eigenvalue weighted by Gasteiger charge is -2.04. The van der Waals surface area contributed by atoms with Crippen molar-refractivity contribution in [2.45, 2.75) is 23.5 Å². The first-order valence-electron chi connectivity index (χ1n) is 5.85. The van der Waals surface area contributed by atoms with E-state index in [1.165, 1.54) is 6.07 Å². The van der Waals surface area contributed by atoms with E-state index in [4.69, 9.17) is 5.14 Å². The third-order valence-electron chi connectivity index (χ3n) is 2.76. The smallest absolute Gasteiger partial charge is 0.224 e. The molecular weight excluding hydrogens is 308 g/mol. The zero-order valence-corrected chi connectivity index (χ0v) is 12.7. The first-order chi connectivity index (χ1) is 8.76. The molecule has 19 heavy (non-hydrogen) atoms. The second kappa shape index (κ2) is 5.49. The number of hydrogen-bond acceptors (Lipinski definition) is 5. The van der Waals surface area contributed by atoms with Gasteiger partial charge < -0.3 is 0 Å². The maximum atomic E-state index is 11.6. The van der Waals surface area contributed by atoms with E-state index in [0.29, 0.717) is 12.3 Å². The maximum Gasteiger partial charge on any atom is 0.247 e. The number of sulfonamides is 2. The van der Waals surface area contributed by atoms with Gasteiger partial charge in [0.15, 0.2) is 0 Å². The number of rotatable bonds is 7. The summed E-state index contributed by atoms with van der Waals surface area (Å²) in [5, 5.41) is 5.00. The molecule has 0 spiro atoms. The molecule has 0 amide bonds. The summed E-state index contributed by atoms with van der Waals surface area (Å²) in [5.74, 6) is 0.507. The Kier molecular flexibility index (Phi) is 4.31. The minimum Gasteiger partial charge on any atom is -0.224 e. The molecule has 6 nitrogen and oxygen atoms in total. The summed E-state index contributed by atoms with van der Waals surface area (Å²) in [7, 11) is -6.86. The zero-order chi connectivity index (χ0) is 14.1. The minimum absolute atomic E-state index is 0.100. The van der Waals surface area contributed by atoms with Crippen LogP contribution in [0.4, 0.5) is 0 Å². The molecule has 1 aromatic heterocycles. The molecule has 1 fully saturated rings. The van der Waals surface area contributed by atoms with Crippen molar-refractivity contribution in [3.05, 3.63) is 17.0 Å². The number of nitrogens with two attached hydrogens (primary N) is 1. The Balaban J connectivity index is 1.84. The first-order valence-corrected chi connectivity index (χ1v) is 9.87. The van der Waals surface area contributed by atoms with Crippen molar-refractivity contribution in [3.8, 4) is 0 Å². The summed E-state index contributed by atoms with van der Waals surface area (Å²) in [6, 6.07) is 3.09. The largest absolute Gasteiger partial charge is 0.247 e.